The van der Waals surface area contributed by atoms with Gasteiger partial charge in [0.25, 0.3) is 5.91 Å². The van der Waals surface area contributed by atoms with E-state index in [1.54, 1.807) is 0 Å². The van der Waals surface area contributed by atoms with Crippen molar-refractivity contribution in [2.75, 3.05) is 5.32 Å². The van der Waals surface area contributed by atoms with E-state index in [9.17, 15) is 4.79 Å². The average Bonchev–Trinajstić information content (AvgIpc) is 2.66. The lowest BCUT2D eigenvalue weighted by Crippen LogP contribution is -2.55. The van der Waals surface area contributed by atoms with Gasteiger partial charge < -0.3 is 10.2 Å². The van der Waals surface area contributed by atoms with Crippen LogP contribution in [0.15, 0.2) is 83.3 Å². The predicted octanol–water partition coefficient (Wildman–Crippen LogP) is 5.39. The van der Waals surface area contributed by atoms with Crippen LogP contribution in [0.5, 0.6) is 0 Å². The minimum atomic E-state index is -0.637. The highest BCUT2D eigenvalue weighted by Crippen LogP contribution is 2.39. The molecule has 3 aromatic rings. The van der Waals surface area contributed by atoms with E-state index in [2.05, 4.69) is 52.4 Å². The van der Waals surface area contributed by atoms with Crippen LogP contribution in [-0.4, -0.2) is 10.8 Å². The smallest absolute Gasteiger partial charge is 0.258 e. The van der Waals surface area contributed by atoms with E-state index >= 15 is 0 Å². The molecule has 3 nitrogen and oxygen atoms in total. The van der Waals surface area contributed by atoms with Crippen molar-refractivity contribution in [1.29, 1.82) is 0 Å². The molecule has 0 saturated heterocycles. The SMILES string of the molecule is CC1(c2ccc(Br)cc2)Nc2ccccc2C(=O)N1Cc1ccccc1. The molecule has 0 aromatic heterocycles. The van der Waals surface area contributed by atoms with Crippen molar-refractivity contribution in [3.63, 3.8) is 0 Å². The number of nitrogens with one attached hydrogen (secondary N) is 1. The summed E-state index contributed by atoms with van der Waals surface area (Å²) in [5.74, 6) is 0.0358. The summed E-state index contributed by atoms with van der Waals surface area (Å²) in [6.07, 6.45) is 0. The fourth-order valence-electron chi connectivity index (χ4n) is 3.46. The molecule has 4 heteroatoms. The quantitative estimate of drug-likeness (QED) is 0.632. The van der Waals surface area contributed by atoms with Gasteiger partial charge in [0.2, 0.25) is 0 Å². The van der Waals surface area contributed by atoms with E-state index < -0.39 is 5.66 Å². The molecule has 0 aliphatic carbocycles. The number of rotatable bonds is 3. The molecule has 3 aromatic carbocycles. The first-order valence-electron chi connectivity index (χ1n) is 8.57. The molecule has 0 saturated carbocycles. The van der Waals surface area contributed by atoms with E-state index in [0.29, 0.717) is 12.1 Å². The van der Waals surface area contributed by atoms with Crippen LogP contribution in [0.2, 0.25) is 0 Å². The summed E-state index contributed by atoms with van der Waals surface area (Å²) in [6.45, 7) is 2.60. The van der Waals surface area contributed by atoms with Crippen LogP contribution in [0.4, 0.5) is 5.69 Å². The Bertz CT molecular complexity index is 940. The number of benzene rings is 3. The fourth-order valence-corrected chi connectivity index (χ4v) is 3.72. The molecule has 0 spiro atoms. The molecular formula is C22H19BrN2O. The number of hydrogen-bond donors (Lipinski definition) is 1. The first kappa shape index (κ1) is 16.9. The van der Waals surface area contributed by atoms with E-state index in [4.69, 9.17) is 0 Å². The van der Waals surface area contributed by atoms with Gasteiger partial charge in [0.1, 0.15) is 5.66 Å². The molecule has 1 aliphatic rings. The molecule has 1 N–H and O–H groups in total. The van der Waals surface area contributed by atoms with Crippen molar-refractivity contribution >= 4 is 27.5 Å². The average molecular weight is 407 g/mol. The van der Waals surface area contributed by atoms with Gasteiger partial charge in [0.15, 0.2) is 0 Å². The molecule has 1 heterocycles. The molecular weight excluding hydrogens is 388 g/mol. The molecule has 130 valence electrons. The van der Waals surface area contributed by atoms with Crippen LogP contribution >= 0.6 is 15.9 Å². The molecule has 0 radical (unpaired) electrons. The van der Waals surface area contributed by atoms with Crippen LogP contribution in [0.25, 0.3) is 0 Å². The summed E-state index contributed by atoms with van der Waals surface area (Å²) in [5, 5.41) is 3.60. The van der Waals surface area contributed by atoms with Gasteiger partial charge in [-0.15, -0.1) is 0 Å². The van der Waals surface area contributed by atoms with Crippen LogP contribution < -0.4 is 5.32 Å². The number of carbonyl (C=O) groups excluding carboxylic acids is 1. The lowest BCUT2D eigenvalue weighted by Gasteiger charge is -2.47. The molecule has 26 heavy (non-hydrogen) atoms. The Balaban J connectivity index is 1.83. The molecule has 1 amide bonds. The van der Waals surface area contributed by atoms with Crippen molar-refractivity contribution in [3.8, 4) is 0 Å². The standard InChI is InChI=1S/C22H19BrN2O/c1-22(17-11-13-18(23)14-12-17)24-20-10-6-5-9-19(20)21(26)25(22)15-16-7-3-2-4-8-16/h2-14,24H,15H2,1H3. The van der Waals surface area contributed by atoms with Crippen molar-refractivity contribution in [2.24, 2.45) is 0 Å². The van der Waals surface area contributed by atoms with Crippen LogP contribution in [-0.2, 0) is 12.2 Å². The second kappa shape index (κ2) is 6.61. The fraction of sp³-hybridized carbons (Fsp3) is 0.136. The number of anilines is 1. The number of para-hydroxylation sites is 1. The van der Waals surface area contributed by atoms with Gasteiger partial charge in [-0.1, -0.05) is 70.5 Å². The predicted molar refractivity (Wildman–Crippen MR) is 108 cm³/mol. The molecule has 4 rings (SSSR count). The maximum absolute atomic E-state index is 13.4. The van der Waals surface area contributed by atoms with Crippen molar-refractivity contribution in [2.45, 2.75) is 19.1 Å². The Hall–Kier alpha value is -2.59. The molecule has 0 fully saturated rings. The van der Waals surface area contributed by atoms with Crippen molar-refractivity contribution in [3.05, 3.63) is 100 Å². The van der Waals surface area contributed by atoms with Crippen LogP contribution in [0, 0.1) is 0 Å². The van der Waals surface area contributed by atoms with Crippen molar-refractivity contribution < 1.29 is 4.79 Å². The topological polar surface area (TPSA) is 32.3 Å². The molecule has 0 bridgehead atoms. The maximum atomic E-state index is 13.4. The van der Waals surface area contributed by atoms with Crippen LogP contribution in [0.1, 0.15) is 28.4 Å². The largest absolute Gasteiger partial charge is 0.358 e. The molecule has 1 unspecified atom stereocenters. The minimum Gasteiger partial charge on any atom is -0.358 e. The molecule has 1 atom stereocenters. The Kier molecular flexibility index (Phi) is 4.29. The lowest BCUT2D eigenvalue weighted by atomic mass is 9.93. The minimum absolute atomic E-state index is 0.0358. The highest BCUT2D eigenvalue weighted by atomic mass is 79.9. The van der Waals surface area contributed by atoms with Gasteiger partial charge in [0, 0.05) is 16.7 Å². The van der Waals surface area contributed by atoms with Gasteiger partial charge in [-0.05, 0) is 42.3 Å². The number of hydrogen-bond acceptors (Lipinski definition) is 2. The zero-order valence-electron chi connectivity index (χ0n) is 14.4. The molecule has 1 aliphatic heterocycles. The summed E-state index contributed by atoms with van der Waals surface area (Å²) in [4.78, 5) is 15.3. The zero-order valence-corrected chi connectivity index (χ0v) is 16.0. The van der Waals surface area contributed by atoms with Gasteiger partial charge >= 0.3 is 0 Å². The van der Waals surface area contributed by atoms with Crippen LogP contribution in [0.3, 0.4) is 0 Å². The normalized spacial score (nSPS) is 19.0. The van der Waals surface area contributed by atoms with E-state index in [-0.39, 0.29) is 5.91 Å². The van der Waals surface area contributed by atoms with E-state index in [1.807, 2.05) is 59.5 Å². The highest BCUT2D eigenvalue weighted by Gasteiger charge is 2.42. The number of nitrogens with zero attached hydrogens (tertiary/aromatic N) is 1. The number of amides is 1. The Morgan fingerprint density at radius 2 is 1.58 bits per heavy atom. The van der Waals surface area contributed by atoms with Gasteiger partial charge in [-0.25, -0.2) is 0 Å². The van der Waals surface area contributed by atoms with Gasteiger partial charge in [-0.2, -0.15) is 0 Å². The summed E-state index contributed by atoms with van der Waals surface area (Å²) in [7, 11) is 0. The Morgan fingerprint density at radius 1 is 0.923 bits per heavy atom. The number of carbonyl (C=O) groups is 1. The number of fused-ring (bicyclic) bond motifs is 1. The van der Waals surface area contributed by atoms with Gasteiger partial charge in [0.05, 0.1) is 5.56 Å². The summed E-state index contributed by atoms with van der Waals surface area (Å²) in [6, 6.07) is 25.9. The third-order valence-electron chi connectivity index (χ3n) is 4.91. The van der Waals surface area contributed by atoms with Gasteiger partial charge in [-0.3, -0.25) is 4.79 Å². The Morgan fingerprint density at radius 3 is 2.31 bits per heavy atom. The summed E-state index contributed by atoms with van der Waals surface area (Å²) < 4.78 is 1.02. The number of halogens is 1. The summed E-state index contributed by atoms with van der Waals surface area (Å²) >= 11 is 3.49. The lowest BCUT2D eigenvalue weighted by molar-refractivity contribution is 0.0509. The van der Waals surface area contributed by atoms with E-state index in [0.717, 1.165) is 21.3 Å². The maximum Gasteiger partial charge on any atom is 0.258 e. The third kappa shape index (κ3) is 2.90. The zero-order chi connectivity index (χ0) is 18.1. The monoisotopic (exact) mass is 406 g/mol. The second-order valence-corrected chi connectivity index (χ2v) is 7.54. The third-order valence-corrected chi connectivity index (χ3v) is 5.44. The Labute approximate surface area is 161 Å². The van der Waals surface area contributed by atoms with Crippen molar-refractivity contribution in [1.82, 2.24) is 4.90 Å². The second-order valence-electron chi connectivity index (χ2n) is 6.63. The van der Waals surface area contributed by atoms with E-state index in [1.165, 1.54) is 0 Å². The summed E-state index contributed by atoms with van der Waals surface area (Å²) in [5.41, 5.74) is 3.08. The first-order chi connectivity index (χ1) is 12.6. The first-order valence-corrected chi connectivity index (χ1v) is 9.36. The highest BCUT2D eigenvalue weighted by molar-refractivity contribution is 9.10.